The summed E-state index contributed by atoms with van der Waals surface area (Å²) in [6.45, 7) is 3.78. The lowest BCUT2D eigenvalue weighted by Gasteiger charge is -1.97. The summed E-state index contributed by atoms with van der Waals surface area (Å²) in [6.07, 6.45) is 0. The lowest BCUT2D eigenvalue weighted by Crippen LogP contribution is -2.06. The second-order valence-electron chi connectivity index (χ2n) is 2.23. The van der Waals surface area contributed by atoms with Crippen molar-refractivity contribution in [1.29, 1.82) is 0 Å². The van der Waals surface area contributed by atoms with Gasteiger partial charge >= 0.3 is 5.97 Å². The summed E-state index contributed by atoms with van der Waals surface area (Å²) in [4.78, 5) is 11.1. The highest BCUT2D eigenvalue weighted by atomic mass is 35.5. The Morgan fingerprint density at radius 1 is 1.75 bits per heavy atom. The predicted molar refractivity (Wildman–Crippen MR) is 44.3 cm³/mol. The second kappa shape index (κ2) is 3.58. The molecule has 0 unspecified atom stereocenters. The van der Waals surface area contributed by atoms with Crippen molar-refractivity contribution in [2.75, 3.05) is 6.61 Å². The summed E-state index contributed by atoms with van der Waals surface area (Å²) < 4.78 is 4.74. The van der Waals surface area contributed by atoms with Crippen LogP contribution in [0, 0.1) is 6.92 Å². The van der Waals surface area contributed by atoms with E-state index in [2.05, 4.69) is 10.2 Å². The van der Waals surface area contributed by atoms with Crippen LogP contribution in [-0.2, 0) is 4.74 Å². The largest absolute Gasteiger partial charge is 0.461 e. The molecule has 12 heavy (non-hydrogen) atoms. The number of nitrogens with one attached hydrogen (secondary N) is 1. The molecule has 0 amide bonds. The van der Waals surface area contributed by atoms with Crippen molar-refractivity contribution in [1.82, 2.24) is 10.2 Å². The molecule has 0 aliphatic rings. The molecule has 0 atom stereocenters. The fourth-order valence-corrected chi connectivity index (χ4v) is 0.907. The van der Waals surface area contributed by atoms with Gasteiger partial charge in [-0.15, -0.1) is 0 Å². The van der Waals surface area contributed by atoms with E-state index in [0.29, 0.717) is 17.3 Å². The summed E-state index contributed by atoms with van der Waals surface area (Å²) >= 11 is 5.65. The highest BCUT2D eigenvalue weighted by molar-refractivity contribution is 6.30. The van der Waals surface area contributed by atoms with Crippen molar-refractivity contribution < 1.29 is 9.53 Å². The Morgan fingerprint density at radius 3 is 2.83 bits per heavy atom. The monoisotopic (exact) mass is 188 g/mol. The number of nitrogens with zero attached hydrogens (tertiary/aromatic N) is 1. The number of aromatic nitrogens is 2. The molecule has 1 N–H and O–H groups in total. The number of H-pyrrole nitrogens is 1. The Morgan fingerprint density at radius 2 is 2.42 bits per heavy atom. The van der Waals surface area contributed by atoms with Crippen LogP contribution >= 0.6 is 11.6 Å². The van der Waals surface area contributed by atoms with Crippen molar-refractivity contribution in [2.45, 2.75) is 13.8 Å². The van der Waals surface area contributed by atoms with Gasteiger partial charge in [-0.3, -0.25) is 5.10 Å². The third kappa shape index (κ3) is 1.58. The number of rotatable bonds is 2. The highest BCUT2D eigenvalue weighted by Crippen LogP contribution is 2.15. The molecule has 0 saturated carbocycles. The third-order valence-electron chi connectivity index (χ3n) is 1.42. The van der Waals surface area contributed by atoms with Crippen LogP contribution in [-0.4, -0.2) is 22.8 Å². The van der Waals surface area contributed by atoms with E-state index >= 15 is 0 Å². The number of carbonyl (C=O) groups is 1. The van der Waals surface area contributed by atoms with Crippen LogP contribution in [0.5, 0.6) is 0 Å². The van der Waals surface area contributed by atoms with Gasteiger partial charge in [0.2, 0.25) is 0 Å². The van der Waals surface area contributed by atoms with Gasteiger partial charge in [0.15, 0.2) is 5.69 Å². The summed E-state index contributed by atoms with van der Waals surface area (Å²) in [5.74, 6) is -0.446. The third-order valence-corrected chi connectivity index (χ3v) is 1.79. The molecule has 0 saturated heterocycles. The first-order chi connectivity index (χ1) is 5.66. The minimum absolute atomic E-state index is 0.252. The van der Waals surface area contributed by atoms with Gasteiger partial charge < -0.3 is 4.74 Å². The highest BCUT2D eigenvalue weighted by Gasteiger charge is 2.15. The number of aromatic amines is 1. The summed E-state index contributed by atoms with van der Waals surface area (Å²) in [6, 6.07) is 0. The maximum atomic E-state index is 11.1. The Bertz CT molecular complexity index is 296. The minimum Gasteiger partial charge on any atom is -0.461 e. The van der Waals surface area contributed by atoms with Crippen molar-refractivity contribution in [2.24, 2.45) is 0 Å². The lowest BCUT2D eigenvalue weighted by molar-refractivity contribution is 0.0518. The fraction of sp³-hybridized carbons (Fsp3) is 0.429. The Hall–Kier alpha value is -1.03. The van der Waals surface area contributed by atoms with Gasteiger partial charge in [0.05, 0.1) is 6.61 Å². The molecule has 5 heteroatoms. The van der Waals surface area contributed by atoms with E-state index in [1.165, 1.54) is 0 Å². The SMILES string of the molecule is CCOC(=O)c1n[nH]c(Cl)c1C. The van der Waals surface area contributed by atoms with Gasteiger partial charge in [0, 0.05) is 5.56 Å². The standard InChI is InChI=1S/C7H9ClN2O2/c1-3-12-7(11)5-4(2)6(8)10-9-5/h3H2,1-2H3,(H,9,10). The van der Waals surface area contributed by atoms with Crippen LogP contribution in [0.2, 0.25) is 5.15 Å². The van der Waals surface area contributed by atoms with E-state index in [4.69, 9.17) is 16.3 Å². The van der Waals surface area contributed by atoms with Gasteiger partial charge in [-0.1, -0.05) is 11.6 Å². The van der Waals surface area contributed by atoms with Crippen LogP contribution in [0.25, 0.3) is 0 Å². The zero-order valence-electron chi connectivity index (χ0n) is 6.85. The maximum Gasteiger partial charge on any atom is 0.359 e. The Kier molecular flexibility index (Phi) is 2.70. The van der Waals surface area contributed by atoms with E-state index in [1.807, 2.05) is 0 Å². The number of halogens is 1. The lowest BCUT2D eigenvalue weighted by atomic mass is 10.3. The molecule has 66 valence electrons. The molecule has 1 aromatic heterocycles. The van der Waals surface area contributed by atoms with Crippen molar-refractivity contribution in [3.05, 3.63) is 16.4 Å². The molecular formula is C7H9ClN2O2. The van der Waals surface area contributed by atoms with Crippen LogP contribution < -0.4 is 0 Å². The van der Waals surface area contributed by atoms with E-state index < -0.39 is 5.97 Å². The zero-order valence-corrected chi connectivity index (χ0v) is 7.60. The number of esters is 1. The first kappa shape index (κ1) is 9.06. The van der Waals surface area contributed by atoms with Gasteiger partial charge in [-0.05, 0) is 13.8 Å². The van der Waals surface area contributed by atoms with E-state index in [-0.39, 0.29) is 5.69 Å². The molecule has 1 rings (SSSR count). The van der Waals surface area contributed by atoms with Crippen LogP contribution in [0.3, 0.4) is 0 Å². The number of hydrogen-bond acceptors (Lipinski definition) is 3. The molecule has 0 aromatic carbocycles. The summed E-state index contributed by atoms with van der Waals surface area (Å²) in [5.41, 5.74) is 0.872. The Balaban J connectivity index is 2.88. The van der Waals surface area contributed by atoms with Gasteiger partial charge in [-0.2, -0.15) is 5.10 Å². The minimum atomic E-state index is -0.446. The normalized spacial score (nSPS) is 9.92. The Labute approximate surface area is 74.9 Å². The summed E-state index contributed by atoms with van der Waals surface area (Å²) in [5, 5.41) is 6.57. The molecule has 0 aliphatic heterocycles. The molecule has 1 aromatic rings. The first-order valence-corrected chi connectivity index (χ1v) is 3.92. The van der Waals surface area contributed by atoms with Crippen LogP contribution in [0.1, 0.15) is 23.0 Å². The molecule has 0 bridgehead atoms. The maximum absolute atomic E-state index is 11.1. The van der Waals surface area contributed by atoms with Crippen molar-refractivity contribution in [3.8, 4) is 0 Å². The smallest absolute Gasteiger partial charge is 0.359 e. The van der Waals surface area contributed by atoms with Gasteiger partial charge in [0.1, 0.15) is 5.15 Å². The van der Waals surface area contributed by atoms with Gasteiger partial charge in [-0.25, -0.2) is 4.79 Å². The predicted octanol–water partition coefficient (Wildman–Crippen LogP) is 1.55. The number of ether oxygens (including phenoxy) is 1. The zero-order chi connectivity index (χ0) is 9.14. The molecule has 4 nitrogen and oxygen atoms in total. The quantitative estimate of drug-likeness (QED) is 0.717. The van der Waals surface area contributed by atoms with Crippen LogP contribution in [0.15, 0.2) is 0 Å². The summed E-state index contributed by atoms with van der Waals surface area (Å²) in [7, 11) is 0. The van der Waals surface area contributed by atoms with E-state index in [1.54, 1.807) is 13.8 Å². The molecular weight excluding hydrogens is 180 g/mol. The topological polar surface area (TPSA) is 55.0 Å². The molecule has 0 radical (unpaired) electrons. The van der Waals surface area contributed by atoms with Crippen LogP contribution in [0.4, 0.5) is 0 Å². The fourth-order valence-electron chi connectivity index (χ4n) is 0.775. The molecule has 0 fully saturated rings. The average molecular weight is 189 g/mol. The average Bonchev–Trinajstić information content (AvgIpc) is 2.34. The molecule has 0 spiro atoms. The van der Waals surface area contributed by atoms with Gasteiger partial charge in [0.25, 0.3) is 0 Å². The molecule has 1 heterocycles. The van der Waals surface area contributed by atoms with Crippen molar-refractivity contribution in [3.63, 3.8) is 0 Å². The van der Waals surface area contributed by atoms with E-state index in [9.17, 15) is 4.79 Å². The number of hydrogen-bond donors (Lipinski definition) is 1. The second-order valence-corrected chi connectivity index (χ2v) is 2.61. The molecule has 0 aliphatic carbocycles. The first-order valence-electron chi connectivity index (χ1n) is 3.54. The number of carbonyl (C=O) groups excluding carboxylic acids is 1. The van der Waals surface area contributed by atoms with E-state index in [0.717, 1.165) is 0 Å². The van der Waals surface area contributed by atoms with Crippen molar-refractivity contribution >= 4 is 17.6 Å².